The van der Waals surface area contributed by atoms with Gasteiger partial charge in [-0.1, -0.05) is 30.3 Å². The van der Waals surface area contributed by atoms with Crippen molar-refractivity contribution in [3.8, 4) is 0 Å². The van der Waals surface area contributed by atoms with E-state index in [1.807, 2.05) is 30.3 Å². The topological polar surface area (TPSA) is 40.6 Å². The molecule has 2 aromatic rings. The van der Waals surface area contributed by atoms with Crippen molar-refractivity contribution < 1.29 is 22.8 Å². The summed E-state index contributed by atoms with van der Waals surface area (Å²) in [5.41, 5.74) is -0.114. The molecule has 27 heavy (non-hydrogen) atoms. The lowest BCUT2D eigenvalue weighted by Gasteiger charge is -2.38. The number of benzene rings is 1. The van der Waals surface area contributed by atoms with Gasteiger partial charge < -0.3 is 9.80 Å². The van der Waals surface area contributed by atoms with Gasteiger partial charge in [-0.15, -0.1) is 0 Å². The van der Waals surface area contributed by atoms with Crippen molar-refractivity contribution in [2.75, 3.05) is 14.1 Å². The van der Waals surface area contributed by atoms with Crippen molar-refractivity contribution in [2.45, 2.75) is 18.6 Å². The highest BCUT2D eigenvalue weighted by Crippen LogP contribution is 2.36. The van der Waals surface area contributed by atoms with E-state index in [-0.39, 0.29) is 17.2 Å². The normalized spacial score (nSPS) is 19.9. The van der Waals surface area contributed by atoms with E-state index in [1.165, 1.54) is 24.4 Å². The second kappa shape index (κ2) is 7.19. The highest BCUT2D eigenvalue weighted by atomic mass is 32.1. The third-order valence-corrected chi connectivity index (χ3v) is 5.31. The molecule has 1 unspecified atom stereocenters. The molecule has 142 valence electrons. The van der Waals surface area contributed by atoms with Gasteiger partial charge in [-0.2, -0.15) is 24.5 Å². The first kappa shape index (κ1) is 19.2. The number of carbonyl (C=O) groups excluding carboxylic acids is 2. The first-order chi connectivity index (χ1) is 12.7. The zero-order valence-electron chi connectivity index (χ0n) is 14.7. The Kier molecular flexibility index (Phi) is 5.10. The largest absolute Gasteiger partial charge is 0.417 e. The van der Waals surface area contributed by atoms with Crippen LogP contribution < -0.4 is 0 Å². The zero-order valence-corrected chi connectivity index (χ0v) is 15.5. The number of amides is 2. The van der Waals surface area contributed by atoms with Crippen LogP contribution in [0.15, 0.2) is 46.8 Å². The van der Waals surface area contributed by atoms with E-state index in [2.05, 4.69) is 0 Å². The molecule has 1 atom stereocenters. The van der Waals surface area contributed by atoms with Gasteiger partial charge in [0.2, 0.25) is 5.91 Å². The lowest BCUT2D eigenvalue weighted by molar-refractivity contribution is -0.148. The van der Waals surface area contributed by atoms with Crippen molar-refractivity contribution in [1.82, 2.24) is 9.80 Å². The van der Waals surface area contributed by atoms with Gasteiger partial charge in [0.05, 0.1) is 5.56 Å². The third kappa shape index (κ3) is 3.75. The van der Waals surface area contributed by atoms with Gasteiger partial charge in [-0.25, -0.2) is 0 Å². The van der Waals surface area contributed by atoms with Gasteiger partial charge in [0.1, 0.15) is 11.7 Å². The Morgan fingerprint density at radius 1 is 1.11 bits per heavy atom. The van der Waals surface area contributed by atoms with Gasteiger partial charge in [0.25, 0.3) is 5.91 Å². The Balaban J connectivity index is 1.92. The average molecular weight is 394 g/mol. The molecule has 1 aromatic carbocycles. The van der Waals surface area contributed by atoms with Crippen LogP contribution in [0.1, 0.15) is 16.7 Å². The van der Waals surface area contributed by atoms with Crippen LogP contribution >= 0.6 is 11.3 Å². The number of nitrogens with zero attached hydrogens (tertiary/aromatic N) is 2. The third-order valence-electron chi connectivity index (χ3n) is 4.55. The summed E-state index contributed by atoms with van der Waals surface area (Å²) in [6, 6.07) is 8.55. The number of piperazine rings is 1. The predicted octanol–water partition coefficient (Wildman–Crippen LogP) is 3.65. The smallest absolute Gasteiger partial charge is 0.328 e. The zero-order chi connectivity index (χ0) is 19.8. The molecule has 0 radical (unpaired) electrons. The summed E-state index contributed by atoms with van der Waals surface area (Å²) in [7, 11) is 2.91. The fraction of sp³-hybridized carbons (Fsp3) is 0.263. The van der Waals surface area contributed by atoms with E-state index in [1.54, 1.807) is 0 Å². The molecule has 3 rings (SSSR count). The first-order valence-corrected chi connectivity index (χ1v) is 9.08. The highest BCUT2D eigenvalue weighted by molar-refractivity contribution is 7.08. The van der Waals surface area contributed by atoms with Crippen LogP contribution in [0.2, 0.25) is 0 Å². The van der Waals surface area contributed by atoms with Gasteiger partial charge in [0.15, 0.2) is 0 Å². The van der Waals surface area contributed by atoms with Crippen molar-refractivity contribution in [1.29, 1.82) is 0 Å². The molecule has 0 spiro atoms. The van der Waals surface area contributed by atoms with E-state index in [0.717, 1.165) is 33.3 Å². The maximum atomic E-state index is 13.1. The summed E-state index contributed by atoms with van der Waals surface area (Å²) >= 11 is 0.895. The lowest BCUT2D eigenvalue weighted by Crippen LogP contribution is -2.56. The van der Waals surface area contributed by atoms with Gasteiger partial charge >= 0.3 is 6.18 Å². The Morgan fingerprint density at radius 3 is 2.41 bits per heavy atom. The lowest BCUT2D eigenvalue weighted by atomic mass is 10.00. The minimum absolute atomic E-state index is 0.0734. The van der Waals surface area contributed by atoms with Crippen molar-refractivity contribution in [3.63, 3.8) is 0 Å². The van der Waals surface area contributed by atoms with E-state index in [4.69, 9.17) is 0 Å². The number of carbonyl (C=O) groups is 2. The fourth-order valence-corrected chi connectivity index (χ4v) is 3.81. The van der Waals surface area contributed by atoms with Crippen molar-refractivity contribution in [3.05, 3.63) is 63.5 Å². The van der Waals surface area contributed by atoms with Crippen LogP contribution in [0.3, 0.4) is 0 Å². The molecule has 1 fully saturated rings. The predicted molar refractivity (Wildman–Crippen MR) is 96.8 cm³/mol. The first-order valence-electron chi connectivity index (χ1n) is 8.14. The summed E-state index contributed by atoms with van der Waals surface area (Å²) < 4.78 is 39.3. The number of thiophene rings is 1. The van der Waals surface area contributed by atoms with Crippen LogP contribution in [0.5, 0.6) is 0 Å². The van der Waals surface area contributed by atoms with Gasteiger partial charge in [-0.3, -0.25) is 9.59 Å². The second-order valence-corrected chi connectivity index (χ2v) is 7.03. The molecule has 0 N–H and O–H groups in total. The van der Waals surface area contributed by atoms with E-state index in [9.17, 15) is 22.8 Å². The summed E-state index contributed by atoms with van der Waals surface area (Å²) in [4.78, 5) is 28.0. The number of hydrogen-bond donors (Lipinski definition) is 0. The Morgan fingerprint density at radius 2 is 1.78 bits per heavy atom. The molecule has 2 heterocycles. The summed E-state index contributed by atoms with van der Waals surface area (Å²) in [6.07, 6.45) is -3.05. The molecule has 2 amide bonds. The molecule has 8 heteroatoms. The Hall–Kier alpha value is -2.61. The van der Waals surface area contributed by atoms with Crippen LogP contribution in [-0.2, 0) is 22.2 Å². The van der Waals surface area contributed by atoms with Crippen LogP contribution in [-0.4, -0.2) is 41.8 Å². The number of rotatable bonds is 3. The monoisotopic (exact) mass is 394 g/mol. The fourth-order valence-electron chi connectivity index (χ4n) is 2.99. The van der Waals surface area contributed by atoms with Crippen LogP contribution in [0.25, 0.3) is 6.08 Å². The van der Waals surface area contributed by atoms with Crippen LogP contribution in [0.4, 0.5) is 13.2 Å². The second-order valence-electron chi connectivity index (χ2n) is 6.29. The minimum Gasteiger partial charge on any atom is -0.328 e. The van der Waals surface area contributed by atoms with Gasteiger partial charge in [-0.05, 0) is 22.6 Å². The Labute approximate surface area is 158 Å². The summed E-state index contributed by atoms with van der Waals surface area (Å²) in [5, 5.41) is 2.31. The number of hydrogen-bond acceptors (Lipinski definition) is 3. The maximum absolute atomic E-state index is 13.1. The van der Waals surface area contributed by atoms with Crippen LogP contribution in [0, 0.1) is 0 Å². The molecule has 0 saturated carbocycles. The SMILES string of the molecule is CN1C(=O)C(Cc2ccccc2)N(C)C(=O)/C1=C/c1cscc1C(F)(F)F. The van der Waals surface area contributed by atoms with Crippen molar-refractivity contribution >= 4 is 29.2 Å². The Bertz CT molecular complexity index is 890. The average Bonchev–Trinajstić information content (AvgIpc) is 3.10. The highest BCUT2D eigenvalue weighted by Gasteiger charge is 2.40. The van der Waals surface area contributed by atoms with E-state index in [0.29, 0.717) is 6.42 Å². The number of likely N-dealkylation sites (N-methyl/N-ethyl adjacent to an activating group) is 2. The van der Waals surface area contributed by atoms with Crippen molar-refractivity contribution in [2.24, 2.45) is 0 Å². The number of alkyl halides is 3. The quantitative estimate of drug-likeness (QED) is 0.746. The van der Waals surface area contributed by atoms with Gasteiger partial charge in [0, 0.05) is 25.9 Å². The van der Waals surface area contributed by atoms with E-state index >= 15 is 0 Å². The summed E-state index contributed by atoms with van der Waals surface area (Å²) in [5.74, 6) is -0.826. The number of halogens is 3. The molecule has 1 aliphatic rings. The molecule has 0 bridgehead atoms. The maximum Gasteiger partial charge on any atom is 0.417 e. The molecule has 1 saturated heterocycles. The molecule has 1 aromatic heterocycles. The molecule has 0 aliphatic carbocycles. The molecule has 1 aliphatic heterocycles. The molecular weight excluding hydrogens is 377 g/mol. The minimum atomic E-state index is -4.52. The molecular formula is C19H17F3N2O2S. The summed E-state index contributed by atoms with van der Waals surface area (Å²) in [6.45, 7) is 0. The van der Waals surface area contributed by atoms with E-state index < -0.39 is 23.7 Å². The standard InChI is InChI=1S/C19H17F3N2O2S/c1-23-15(8-12-6-4-3-5-7-12)17(25)24(2)16(18(23)26)9-13-10-27-11-14(13)19(20,21)22/h3-7,9-11,15H,8H2,1-2H3/b16-9-. The molecule has 4 nitrogen and oxygen atoms in total.